The van der Waals surface area contributed by atoms with Crippen molar-refractivity contribution in [3.05, 3.63) is 30.1 Å². The zero-order chi connectivity index (χ0) is 14.7. The second-order valence-electron chi connectivity index (χ2n) is 4.94. The molecular formula is C14H17N5O2. The molecule has 1 aliphatic heterocycles. The van der Waals surface area contributed by atoms with Crippen molar-refractivity contribution in [3.8, 4) is 11.4 Å². The first-order valence-electron chi connectivity index (χ1n) is 6.86. The molecule has 1 amide bonds. The Morgan fingerprint density at radius 1 is 1.43 bits per heavy atom. The Morgan fingerprint density at radius 3 is 2.86 bits per heavy atom. The van der Waals surface area contributed by atoms with E-state index in [1.54, 1.807) is 0 Å². The molecule has 2 aromatic rings. The van der Waals surface area contributed by atoms with Gasteiger partial charge in [0.2, 0.25) is 5.91 Å². The number of H-pyrrole nitrogens is 1. The van der Waals surface area contributed by atoms with Crippen LogP contribution in [-0.2, 0) is 16.1 Å². The molecule has 110 valence electrons. The number of hydrogen-bond acceptors (Lipinski definition) is 5. The van der Waals surface area contributed by atoms with Gasteiger partial charge in [0.1, 0.15) is 5.82 Å². The second kappa shape index (κ2) is 6.02. The molecule has 1 atom stereocenters. The van der Waals surface area contributed by atoms with E-state index < -0.39 is 0 Å². The van der Waals surface area contributed by atoms with Crippen LogP contribution >= 0.6 is 0 Å². The maximum absolute atomic E-state index is 12.0. The van der Waals surface area contributed by atoms with Gasteiger partial charge in [0, 0.05) is 17.9 Å². The quantitative estimate of drug-likeness (QED) is 0.775. The van der Waals surface area contributed by atoms with Gasteiger partial charge in [0.15, 0.2) is 5.82 Å². The number of aromatic nitrogens is 3. The van der Waals surface area contributed by atoms with E-state index in [4.69, 9.17) is 10.5 Å². The number of aromatic amines is 1. The fraction of sp³-hybridized carbons (Fsp3) is 0.357. The van der Waals surface area contributed by atoms with E-state index in [2.05, 4.69) is 20.5 Å². The molecule has 1 unspecified atom stereocenters. The molecule has 1 aliphatic rings. The number of nitrogens with two attached hydrogens (primary N) is 1. The normalized spacial score (nSPS) is 17.9. The Kier molecular flexibility index (Phi) is 3.94. The molecule has 1 saturated heterocycles. The molecule has 1 aromatic heterocycles. The highest BCUT2D eigenvalue weighted by Crippen LogP contribution is 2.20. The van der Waals surface area contributed by atoms with E-state index in [-0.39, 0.29) is 11.8 Å². The second-order valence-corrected chi connectivity index (χ2v) is 4.94. The van der Waals surface area contributed by atoms with Gasteiger partial charge in [-0.15, -0.1) is 0 Å². The summed E-state index contributed by atoms with van der Waals surface area (Å²) in [6, 6.07) is 7.40. The van der Waals surface area contributed by atoms with E-state index in [0.717, 1.165) is 17.7 Å². The van der Waals surface area contributed by atoms with Crippen molar-refractivity contribution in [1.82, 2.24) is 15.2 Å². The number of nitrogens with one attached hydrogen (secondary N) is 2. The zero-order valence-corrected chi connectivity index (χ0v) is 11.5. The van der Waals surface area contributed by atoms with Gasteiger partial charge >= 0.3 is 0 Å². The topological polar surface area (TPSA) is 106 Å². The molecular weight excluding hydrogens is 270 g/mol. The van der Waals surface area contributed by atoms with Crippen molar-refractivity contribution in [1.29, 1.82) is 0 Å². The minimum atomic E-state index is -0.0511. The number of rotatable bonds is 4. The van der Waals surface area contributed by atoms with Gasteiger partial charge in [0.25, 0.3) is 0 Å². The van der Waals surface area contributed by atoms with Gasteiger partial charge in [-0.1, -0.05) is 0 Å². The van der Waals surface area contributed by atoms with Crippen LogP contribution in [0.3, 0.4) is 0 Å². The van der Waals surface area contributed by atoms with Crippen LogP contribution in [0.4, 0.5) is 5.69 Å². The lowest BCUT2D eigenvalue weighted by Gasteiger charge is -2.09. The summed E-state index contributed by atoms with van der Waals surface area (Å²) in [5, 5.41) is 9.75. The van der Waals surface area contributed by atoms with Gasteiger partial charge in [-0.05, 0) is 30.7 Å². The number of hydrogen-bond donors (Lipinski definition) is 3. The predicted octanol–water partition coefficient (Wildman–Crippen LogP) is 0.905. The van der Waals surface area contributed by atoms with Gasteiger partial charge in [0.05, 0.1) is 19.1 Å². The van der Waals surface area contributed by atoms with E-state index >= 15 is 0 Å². The highest BCUT2D eigenvalue weighted by molar-refractivity contribution is 5.93. The highest BCUT2D eigenvalue weighted by Gasteiger charge is 2.23. The average Bonchev–Trinajstić information content (AvgIpc) is 3.19. The van der Waals surface area contributed by atoms with Gasteiger partial charge in [-0.3, -0.25) is 9.89 Å². The summed E-state index contributed by atoms with van der Waals surface area (Å²) in [5.41, 5.74) is 7.11. The summed E-state index contributed by atoms with van der Waals surface area (Å²) in [4.78, 5) is 16.2. The summed E-state index contributed by atoms with van der Waals surface area (Å²) >= 11 is 0. The SMILES string of the molecule is NCc1nc(-c2ccc(NC(=O)C3CCOC3)cc2)n[nH]1. The number of benzene rings is 1. The highest BCUT2D eigenvalue weighted by atomic mass is 16.5. The standard InChI is InChI=1S/C14H17N5O2/c15-7-12-17-13(19-18-12)9-1-3-11(4-2-9)16-14(20)10-5-6-21-8-10/h1-4,10H,5-8,15H2,(H,16,20)(H,17,18,19). The number of ether oxygens (including phenoxy) is 1. The van der Waals surface area contributed by atoms with Crippen molar-refractivity contribution >= 4 is 11.6 Å². The Bertz CT molecular complexity index is 617. The lowest BCUT2D eigenvalue weighted by atomic mass is 10.1. The molecule has 0 saturated carbocycles. The number of carbonyl (C=O) groups excluding carboxylic acids is 1. The third kappa shape index (κ3) is 3.09. The Balaban J connectivity index is 1.67. The van der Waals surface area contributed by atoms with Crippen molar-refractivity contribution in [2.45, 2.75) is 13.0 Å². The van der Waals surface area contributed by atoms with Gasteiger partial charge < -0.3 is 15.8 Å². The molecule has 0 radical (unpaired) electrons. The van der Waals surface area contributed by atoms with Crippen LogP contribution in [0, 0.1) is 5.92 Å². The first-order chi connectivity index (χ1) is 10.3. The largest absolute Gasteiger partial charge is 0.381 e. The fourth-order valence-corrected chi connectivity index (χ4v) is 2.20. The summed E-state index contributed by atoms with van der Waals surface area (Å²) in [6.07, 6.45) is 0.781. The number of nitrogens with zero attached hydrogens (tertiary/aromatic N) is 2. The summed E-state index contributed by atoms with van der Waals surface area (Å²) in [7, 11) is 0. The zero-order valence-electron chi connectivity index (χ0n) is 11.5. The Labute approximate surface area is 121 Å². The molecule has 4 N–H and O–H groups in total. The van der Waals surface area contributed by atoms with E-state index in [0.29, 0.717) is 31.4 Å². The number of anilines is 1. The van der Waals surface area contributed by atoms with Gasteiger partial charge in [-0.2, -0.15) is 5.10 Å². The number of carbonyl (C=O) groups is 1. The van der Waals surface area contributed by atoms with Crippen LogP contribution in [0.15, 0.2) is 24.3 Å². The van der Waals surface area contributed by atoms with Crippen LogP contribution in [0.25, 0.3) is 11.4 Å². The Morgan fingerprint density at radius 2 is 2.24 bits per heavy atom. The smallest absolute Gasteiger partial charge is 0.229 e. The van der Waals surface area contributed by atoms with Gasteiger partial charge in [-0.25, -0.2) is 4.98 Å². The molecule has 0 bridgehead atoms. The van der Waals surface area contributed by atoms with E-state index in [1.807, 2.05) is 24.3 Å². The van der Waals surface area contributed by atoms with Crippen LogP contribution in [0.5, 0.6) is 0 Å². The molecule has 1 fully saturated rings. The summed E-state index contributed by atoms with van der Waals surface area (Å²) < 4.78 is 5.21. The third-order valence-corrected chi connectivity index (χ3v) is 3.44. The van der Waals surface area contributed by atoms with Crippen molar-refractivity contribution in [3.63, 3.8) is 0 Å². The molecule has 21 heavy (non-hydrogen) atoms. The monoisotopic (exact) mass is 287 g/mol. The Hall–Kier alpha value is -2.25. The maximum atomic E-state index is 12.0. The predicted molar refractivity (Wildman–Crippen MR) is 77.3 cm³/mol. The molecule has 0 aliphatic carbocycles. The van der Waals surface area contributed by atoms with Crippen LogP contribution in [0.2, 0.25) is 0 Å². The van der Waals surface area contributed by atoms with Crippen molar-refractivity contribution in [2.75, 3.05) is 18.5 Å². The minimum absolute atomic E-state index is 0.00330. The molecule has 0 spiro atoms. The number of amides is 1. The molecule has 7 heteroatoms. The molecule has 7 nitrogen and oxygen atoms in total. The fourth-order valence-electron chi connectivity index (χ4n) is 2.20. The first kappa shape index (κ1) is 13.7. The van der Waals surface area contributed by atoms with Crippen LogP contribution < -0.4 is 11.1 Å². The summed E-state index contributed by atoms with van der Waals surface area (Å²) in [6.45, 7) is 1.49. The summed E-state index contributed by atoms with van der Waals surface area (Å²) in [5.74, 6) is 1.19. The molecule has 2 heterocycles. The average molecular weight is 287 g/mol. The first-order valence-corrected chi connectivity index (χ1v) is 6.86. The maximum Gasteiger partial charge on any atom is 0.229 e. The minimum Gasteiger partial charge on any atom is -0.381 e. The third-order valence-electron chi connectivity index (χ3n) is 3.44. The van der Waals surface area contributed by atoms with Crippen molar-refractivity contribution in [2.24, 2.45) is 11.7 Å². The van der Waals surface area contributed by atoms with Crippen LogP contribution in [-0.4, -0.2) is 34.3 Å². The molecule has 1 aromatic carbocycles. The van der Waals surface area contributed by atoms with Crippen molar-refractivity contribution < 1.29 is 9.53 Å². The van der Waals surface area contributed by atoms with E-state index in [1.165, 1.54) is 0 Å². The molecule has 3 rings (SSSR count). The van der Waals surface area contributed by atoms with Crippen LogP contribution in [0.1, 0.15) is 12.2 Å². The lowest BCUT2D eigenvalue weighted by molar-refractivity contribution is -0.119. The van der Waals surface area contributed by atoms with E-state index in [9.17, 15) is 4.79 Å². The lowest BCUT2D eigenvalue weighted by Crippen LogP contribution is -2.22.